The smallest absolute Gasteiger partial charge is 0.150 e. The van der Waals surface area contributed by atoms with Crippen LogP contribution in [0.2, 0.25) is 5.02 Å². The molecule has 0 radical (unpaired) electrons. The summed E-state index contributed by atoms with van der Waals surface area (Å²) >= 11 is 5.99. The number of aldehydes is 1. The van der Waals surface area contributed by atoms with Crippen molar-refractivity contribution in [3.05, 3.63) is 76.4 Å². The highest BCUT2D eigenvalue weighted by molar-refractivity contribution is 6.31. The average molecular weight is 294 g/mol. The van der Waals surface area contributed by atoms with Gasteiger partial charge in [0.1, 0.15) is 6.29 Å². The number of nitrogens with zero attached hydrogens (tertiary/aromatic N) is 1. The van der Waals surface area contributed by atoms with E-state index in [9.17, 15) is 4.79 Å². The number of pyridine rings is 1. The topological polar surface area (TPSA) is 30.0 Å². The van der Waals surface area contributed by atoms with Crippen molar-refractivity contribution >= 4 is 40.9 Å². The Bertz CT molecular complexity index is 822. The number of aromatic nitrogens is 1. The minimum Gasteiger partial charge on any atom is -0.298 e. The van der Waals surface area contributed by atoms with Crippen LogP contribution in [0, 0.1) is 0 Å². The summed E-state index contributed by atoms with van der Waals surface area (Å²) in [6.45, 7) is 0. The molecule has 0 N–H and O–H groups in total. The molecule has 0 saturated heterocycles. The van der Waals surface area contributed by atoms with Gasteiger partial charge in [0.2, 0.25) is 0 Å². The van der Waals surface area contributed by atoms with Crippen molar-refractivity contribution in [1.82, 2.24) is 4.98 Å². The molecule has 0 aliphatic carbocycles. The highest BCUT2D eigenvalue weighted by Crippen LogP contribution is 2.18. The van der Waals surface area contributed by atoms with Crippen LogP contribution in [-0.4, -0.2) is 11.3 Å². The number of benzene rings is 2. The monoisotopic (exact) mass is 293 g/mol. The highest BCUT2D eigenvalue weighted by Gasteiger charge is 1.97. The lowest BCUT2D eigenvalue weighted by molar-refractivity contribution is 0.112. The second-order valence-electron chi connectivity index (χ2n) is 4.69. The number of carbonyl (C=O) groups excluding carboxylic acids is 1. The quantitative estimate of drug-likeness (QED) is 0.645. The minimum atomic E-state index is 0.672. The first-order valence-corrected chi connectivity index (χ1v) is 6.92. The van der Waals surface area contributed by atoms with Crippen molar-refractivity contribution < 1.29 is 4.79 Å². The summed E-state index contributed by atoms with van der Waals surface area (Å²) in [6, 6.07) is 17.0. The zero-order valence-corrected chi connectivity index (χ0v) is 11.9. The van der Waals surface area contributed by atoms with Gasteiger partial charge < -0.3 is 0 Å². The van der Waals surface area contributed by atoms with Crippen molar-refractivity contribution in [2.45, 2.75) is 0 Å². The van der Waals surface area contributed by atoms with Crippen LogP contribution >= 0.6 is 11.6 Å². The van der Waals surface area contributed by atoms with Gasteiger partial charge in [0, 0.05) is 16.0 Å². The molecule has 1 aromatic heterocycles. The Balaban J connectivity index is 1.89. The molecule has 102 valence electrons. The highest BCUT2D eigenvalue weighted by atomic mass is 35.5. The van der Waals surface area contributed by atoms with E-state index in [0.717, 1.165) is 28.4 Å². The van der Waals surface area contributed by atoms with Gasteiger partial charge in [-0.25, -0.2) is 4.98 Å². The fourth-order valence-electron chi connectivity index (χ4n) is 2.07. The van der Waals surface area contributed by atoms with E-state index in [1.807, 2.05) is 54.6 Å². The third kappa shape index (κ3) is 3.18. The molecule has 0 atom stereocenters. The molecule has 3 heteroatoms. The van der Waals surface area contributed by atoms with Crippen LogP contribution in [0.5, 0.6) is 0 Å². The van der Waals surface area contributed by atoms with Gasteiger partial charge in [-0.05, 0) is 29.8 Å². The van der Waals surface area contributed by atoms with Crippen molar-refractivity contribution in [2.24, 2.45) is 0 Å². The van der Waals surface area contributed by atoms with Crippen molar-refractivity contribution in [3.63, 3.8) is 0 Å². The first kappa shape index (κ1) is 13.5. The van der Waals surface area contributed by atoms with Gasteiger partial charge in [0.25, 0.3) is 0 Å². The fourth-order valence-corrected chi connectivity index (χ4v) is 2.23. The van der Waals surface area contributed by atoms with E-state index in [-0.39, 0.29) is 0 Å². The van der Waals surface area contributed by atoms with Crippen molar-refractivity contribution in [2.75, 3.05) is 0 Å². The van der Waals surface area contributed by atoms with Gasteiger partial charge in [0.15, 0.2) is 0 Å². The summed E-state index contributed by atoms with van der Waals surface area (Å²) in [6.07, 6.45) is 4.74. The lowest BCUT2D eigenvalue weighted by Crippen LogP contribution is -1.83. The lowest BCUT2D eigenvalue weighted by Gasteiger charge is -2.00. The number of hydrogen-bond acceptors (Lipinski definition) is 2. The number of carbonyl (C=O) groups is 1. The molecule has 0 amide bonds. The van der Waals surface area contributed by atoms with Crippen LogP contribution in [0.1, 0.15) is 21.6 Å². The van der Waals surface area contributed by atoms with Gasteiger partial charge >= 0.3 is 0 Å². The Hall–Kier alpha value is -2.45. The maximum absolute atomic E-state index is 10.6. The van der Waals surface area contributed by atoms with Crippen LogP contribution in [0.25, 0.3) is 23.1 Å². The average Bonchev–Trinajstić information content (AvgIpc) is 2.53. The normalized spacial score (nSPS) is 11.1. The molecule has 0 saturated carbocycles. The van der Waals surface area contributed by atoms with Gasteiger partial charge in [-0.1, -0.05) is 54.1 Å². The van der Waals surface area contributed by atoms with E-state index in [2.05, 4.69) is 4.98 Å². The Morgan fingerprint density at radius 2 is 1.57 bits per heavy atom. The molecule has 0 unspecified atom stereocenters. The second-order valence-corrected chi connectivity index (χ2v) is 5.13. The zero-order valence-electron chi connectivity index (χ0n) is 11.2. The van der Waals surface area contributed by atoms with Crippen molar-refractivity contribution in [1.29, 1.82) is 0 Å². The summed E-state index contributed by atoms with van der Waals surface area (Å²) in [5, 5.41) is 1.74. The first-order valence-electron chi connectivity index (χ1n) is 6.54. The number of rotatable bonds is 3. The predicted molar refractivity (Wildman–Crippen MR) is 87.5 cm³/mol. The summed E-state index contributed by atoms with van der Waals surface area (Å²) in [4.78, 5) is 15.2. The van der Waals surface area contributed by atoms with Crippen LogP contribution in [0.4, 0.5) is 0 Å². The van der Waals surface area contributed by atoms with Gasteiger partial charge in [-0.2, -0.15) is 0 Å². The van der Waals surface area contributed by atoms with E-state index in [4.69, 9.17) is 11.6 Å². The summed E-state index contributed by atoms with van der Waals surface area (Å²) in [7, 11) is 0. The molecule has 0 aliphatic heterocycles. The van der Waals surface area contributed by atoms with E-state index in [1.165, 1.54) is 0 Å². The molecule has 21 heavy (non-hydrogen) atoms. The van der Waals surface area contributed by atoms with Gasteiger partial charge in [0.05, 0.1) is 11.2 Å². The second kappa shape index (κ2) is 5.90. The van der Waals surface area contributed by atoms with Crippen LogP contribution in [-0.2, 0) is 0 Å². The summed E-state index contributed by atoms with van der Waals surface area (Å²) in [5.41, 5.74) is 3.43. The van der Waals surface area contributed by atoms with E-state index in [0.29, 0.717) is 10.6 Å². The Morgan fingerprint density at radius 1 is 0.857 bits per heavy atom. The SMILES string of the molecule is O=Cc1ccc(/C=C/c2ccc3ccc(Cl)cc3n2)cc1. The molecule has 2 aromatic carbocycles. The molecule has 0 spiro atoms. The molecule has 3 rings (SSSR count). The standard InChI is InChI=1S/C18H12ClNO/c19-16-8-6-15-7-10-17(20-18(15)11-16)9-5-13-1-3-14(12-21)4-2-13/h1-12H/b9-5+. The fraction of sp³-hybridized carbons (Fsp3) is 0. The molecule has 1 heterocycles. The maximum atomic E-state index is 10.6. The molecule has 3 aromatic rings. The summed E-state index contributed by atoms with van der Waals surface area (Å²) < 4.78 is 0. The molecule has 0 bridgehead atoms. The Morgan fingerprint density at radius 3 is 2.33 bits per heavy atom. The third-order valence-electron chi connectivity index (χ3n) is 3.19. The number of halogens is 1. The minimum absolute atomic E-state index is 0.672. The molecule has 0 fully saturated rings. The number of fused-ring (bicyclic) bond motifs is 1. The lowest BCUT2D eigenvalue weighted by atomic mass is 10.1. The molecule has 2 nitrogen and oxygen atoms in total. The van der Waals surface area contributed by atoms with Crippen molar-refractivity contribution in [3.8, 4) is 0 Å². The van der Waals surface area contributed by atoms with Crippen LogP contribution in [0.15, 0.2) is 54.6 Å². The number of hydrogen-bond donors (Lipinski definition) is 0. The molecular formula is C18H12ClNO. The third-order valence-corrected chi connectivity index (χ3v) is 3.43. The van der Waals surface area contributed by atoms with E-state index in [1.54, 1.807) is 12.1 Å². The zero-order chi connectivity index (χ0) is 14.7. The van der Waals surface area contributed by atoms with Crippen LogP contribution in [0.3, 0.4) is 0 Å². The largest absolute Gasteiger partial charge is 0.298 e. The van der Waals surface area contributed by atoms with E-state index >= 15 is 0 Å². The van der Waals surface area contributed by atoms with E-state index < -0.39 is 0 Å². The Kier molecular flexibility index (Phi) is 3.80. The molecular weight excluding hydrogens is 282 g/mol. The van der Waals surface area contributed by atoms with Crippen LogP contribution < -0.4 is 0 Å². The maximum Gasteiger partial charge on any atom is 0.150 e. The first-order chi connectivity index (χ1) is 10.2. The predicted octanol–water partition coefficient (Wildman–Crippen LogP) is 4.87. The Labute approximate surface area is 127 Å². The molecule has 0 aliphatic rings. The van der Waals surface area contributed by atoms with Gasteiger partial charge in [-0.15, -0.1) is 0 Å². The van der Waals surface area contributed by atoms with Gasteiger partial charge in [-0.3, -0.25) is 4.79 Å². The summed E-state index contributed by atoms with van der Waals surface area (Å²) in [5.74, 6) is 0.